The first kappa shape index (κ1) is 14.7. The van der Waals surface area contributed by atoms with Crippen LogP contribution in [0.2, 0.25) is 0 Å². The van der Waals surface area contributed by atoms with Crippen LogP contribution < -0.4 is 5.32 Å². The summed E-state index contributed by atoms with van der Waals surface area (Å²) in [6.07, 6.45) is -0.807. The summed E-state index contributed by atoms with van der Waals surface area (Å²) in [5.41, 5.74) is 1.60. The molecule has 7 heteroatoms. The van der Waals surface area contributed by atoms with E-state index in [9.17, 15) is 19.7 Å². The van der Waals surface area contributed by atoms with Crippen molar-refractivity contribution in [3.63, 3.8) is 0 Å². The van der Waals surface area contributed by atoms with E-state index in [1.807, 2.05) is 0 Å². The third-order valence-corrected chi connectivity index (χ3v) is 3.55. The van der Waals surface area contributed by atoms with Crippen LogP contribution in [0.1, 0.15) is 22.8 Å². The van der Waals surface area contributed by atoms with E-state index in [1.54, 1.807) is 31.2 Å². The normalized spacial score (nSPS) is 11.6. The first-order valence-corrected chi connectivity index (χ1v) is 6.93. The molecule has 0 saturated carbocycles. The molecule has 0 bridgehead atoms. The van der Waals surface area contributed by atoms with Gasteiger partial charge in [0.1, 0.15) is 5.69 Å². The molecular weight excluding hydrogens is 300 g/mol. The van der Waals surface area contributed by atoms with E-state index in [4.69, 9.17) is 4.74 Å². The highest BCUT2D eigenvalue weighted by atomic mass is 16.6. The van der Waals surface area contributed by atoms with E-state index < -0.39 is 11.0 Å². The molecule has 2 aromatic rings. The van der Waals surface area contributed by atoms with Crippen molar-refractivity contribution >= 4 is 23.3 Å². The molecular formula is C16H12N2O5. The molecule has 0 atom stereocenters. The van der Waals surface area contributed by atoms with Crippen molar-refractivity contribution in [1.82, 2.24) is 0 Å². The number of benzene rings is 2. The monoisotopic (exact) mass is 312 g/mol. The van der Waals surface area contributed by atoms with Crippen molar-refractivity contribution in [3.05, 3.63) is 57.6 Å². The van der Waals surface area contributed by atoms with Gasteiger partial charge in [-0.3, -0.25) is 20.2 Å². The Labute approximate surface area is 131 Å². The van der Waals surface area contributed by atoms with Gasteiger partial charge in [-0.15, -0.1) is 0 Å². The summed E-state index contributed by atoms with van der Waals surface area (Å²) < 4.78 is 4.73. The zero-order chi connectivity index (χ0) is 16.6. The van der Waals surface area contributed by atoms with Crippen molar-refractivity contribution in [2.75, 3.05) is 11.9 Å². The number of nitrogens with one attached hydrogen (secondary N) is 1. The molecule has 0 aliphatic heterocycles. The van der Waals surface area contributed by atoms with Gasteiger partial charge in [0, 0.05) is 22.8 Å². The third kappa shape index (κ3) is 2.42. The summed E-state index contributed by atoms with van der Waals surface area (Å²) in [6, 6.07) is 9.53. The second-order valence-corrected chi connectivity index (χ2v) is 4.89. The van der Waals surface area contributed by atoms with E-state index >= 15 is 0 Å². The lowest BCUT2D eigenvalue weighted by Gasteiger charge is -2.08. The van der Waals surface area contributed by atoms with Gasteiger partial charge in [-0.25, -0.2) is 4.79 Å². The molecule has 1 aliphatic carbocycles. The van der Waals surface area contributed by atoms with Crippen LogP contribution in [0.3, 0.4) is 0 Å². The summed E-state index contributed by atoms with van der Waals surface area (Å²) in [7, 11) is 0. The van der Waals surface area contributed by atoms with Crippen LogP contribution >= 0.6 is 0 Å². The van der Waals surface area contributed by atoms with E-state index in [1.165, 1.54) is 12.1 Å². The summed E-state index contributed by atoms with van der Waals surface area (Å²) in [5, 5.41) is 13.6. The van der Waals surface area contributed by atoms with Crippen LogP contribution in [-0.4, -0.2) is 23.4 Å². The van der Waals surface area contributed by atoms with Crippen molar-refractivity contribution in [3.8, 4) is 11.1 Å². The number of ether oxygens (including phenoxy) is 1. The molecule has 1 aliphatic rings. The lowest BCUT2D eigenvalue weighted by atomic mass is 10.0. The highest BCUT2D eigenvalue weighted by Crippen LogP contribution is 2.41. The van der Waals surface area contributed by atoms with Gasteiger partial charge < -0.3 is 4.74 Å². The van der Waals surface area contributed by atoms with Gasteiger partial charge in [0.25, 0.3) is 5.69 Å². The maximum atomic E-state index is 12.4. The Bertz CT molecular complexity index is 844. The van der Waals surface area contributed by atoms with Crippen LogP contribution in [0.5, 0.6) is 0 Å². The third-order valence-electron chi connectivity index (χ3n) is 3.55. The maximum Gasteiger partial charge on any atom is 0.411 e. The largest absolute Gasteiger partial charge is 0.450 e. The zero-order valence-electron chi connectivity index (χ0n) is 12.2. The van der Waals surface area contributed by atoms with E-state index in [-0.39, 0.29) is 23.8 Å². The van der Waals surface area contributed by atoms with E-state index in [0.717, 1.165) is 0 Å². The molecule has 7 nitrogen and oxygen atoms in total. The zero-order valence-corrected chi connectivity index (χ0v) is 12.2. The van der Waals surface area contributed by atoms with Gasteiger partial charge >= 0.3 is 6.09 Å². The Morgan fingerprint density at radius 1 is 1.17 bits per heavy atom. The number of carbonyl (C=O) groups excluding carboxylic acids is 2. The first-order valence-electron chi connectivity index (χ1n) is 6.93. The number of hydrogen-bond acceptors (Lipinski definition) is 5. The summed E-state index contributed by atoms with van der Waals surface area (Å²) in [4.78, 5) is 34.6. The molecule has 0 heterocycles. The summed E-state index contributed by atoms with van der Waals surface area (Å²) >= 11 is 0. The second-order valence-electron chi connectivity index (χ2n) is 4.89. The van der Waals surface area contributed by atoms with Crippen LogP contribution in [0.25, 0.3) is 11.1 Å². The van der Waals surface area contributed by atoms with Gasteiger partial charge in [0.2, 0.25) is 0 Å². The minimum atomic E-state index is -0.807. The highest BCUT2D eigenvalue weighted by molar-refractivity contribution is 6.22. The number of carbonyl (C=O) groups is 2. The number of rotatable bonds is 3. The van der Waals surface area contributed by atoms with Gasteiger partial charge in [0.05, 0.1) is 11.5 Å². The van der Waals surface area contributed by atoms with Crippen molar-refractivity contribution in [2.45, 2.75) is 6.92 Å². The molecule has 1 N–H and O–H groups in total. The molecule has 116 valence electrons. The fourth-order valence-corrected chi connectivity index (χ4v) is 2.59. The molecule has 2 aromatic carbocycles. The summed E-state index contributed by atoms with van der Waals surface area (Å²) in [6.45, 7) is 1.76. The molecule has 0 spiro atoms. The molecule has 0 aromatic heterocycles. The number of hydrogen-bond donors (Lipinski definition) is 1. The van der Waals surface area contributed by atoms with Crippen molar-refractivity contribution in [1.29, 1.82) is 0 Å². The van der Waals surface area contributed by atoms with Gasteiger partial charge in [-0.2, -0.15) is 0 Å². The first-order chi connectivity index (χ1) is 11.0. The second kappa shape index (κ2) is 5.53. The van der Waals surface area contributed by atoms with Crippen molar-refractivity contribution < 1.29 is 19.2 Å². The quantitative estimate of drug-likeness (QED) is 0.590. The van der Waals surface area contributed by atoms with E-state index in [2.05, 4.69) is 5.32 Å². The maximum absolute atomic E-state index is 12.4. The number of amides is 1. The average molecular weight is 312 g/mol. The number of anilines is 1. The predicted octanol–water partition coefficient (Wildman–Crippen LogP) is 3.37. The summed E-state index contributed by atoms with van der Waals surface area (Å²) in [5.74, 6) is -0.225. The SMILES string of the molecule is CCOC(=O)Nc1cc2c(cc1[N+](=O)[O-])-c1ccccc1C2=O. The number of fused-ring (bicyclic) bond motifs is 3. The fraction of sp³-hybridized carbons (Fsp3) is 0.125. The minimum Gasteiger partial charge on any atom is -0.450 e. The van der Waals surface area contributed by atoms with Gasteiger partial charge in [0.15, 0.2) is 5.78 Å². The smallest absolute Gasteiger partial charge is 0.411 e. The molecule has 0 saturated heterocycles. The Kier molecular flexibility index (Phi) is 3.53. The van der Waals surface area contributed by atoms with Crippen LogP contribution in [0, 0.1) is 10.1 Å². The number of ketones is 1. The minimum absolute atomic E-state index is 0.0617. The Hall–Kier alpha value is -3.22. The molecule has 23 heavy (non-hydrogen) atoms. The van der Waals surface area contributed by atoms with Gasteiger partial charge in [-0.1, -0.05) is 24.3 Å². The number of nitro groups is 1. The molecule has 0 fully saturated rings. The lowest BCUT2D eigenvalue weighted by Crippen LogP contribution is -2.15. The molecule has 1 amide bonds. The molecule has 3 rings (SSSR count). The number of nitrogens with zero attached hydrogens (tertiary/aromatic N) is 1. The standard InChI is InChI=1S/C16H12N2O5/c1-2-23-16(20)17-13-7-12-11(8-14(13)18(21)22)9-5-3-4-6-10(9)15(12)19/h3-8H,2H2,1H3,(H,17,20). The van der Waals surface area contributed by atoms with Gasteiger partial charge in [-0.05, 0) is 18.6 Å². The van der Waals surface area contributed by atoms with Crippen LogP contribution in [0.4, 0.5) is 16.2 Å². The Morgan fingerprint density at radius 3 is 2.52 bits per heavy atom. The Balaban J connectivity index is 2.13. The van der Waals surface area contributed by atoms with Crippen LogP contribution in [-0.2, 0) is 4.74 Å². The predicted molar refractivity (Wildman–Crippen MR) is 82.6 cm³/mol. The topological polar surface area (TPSA) is 98.5 Å². The lowest BCUT2D eigenvalue weighted by molar-refractivity contribution is -0.383. The fourth-order valence-electron chi connectivity index (χ4n) is 2.59. The van der Waals surface area contributed by atoms with Crippen LogP contribution in [0.15, 0.2) is 36.4 Å². The average Bonchev–Trinajstić information content (AvgIpc) is 2.80. The Morgan fingerprint density at radius 2 is 1.87 bits per heavy atom. The number of nitro benzene ring substituents is 1. The molecule has 0 unspecified atom stereocenters. The highest BCUT2D eigenvalue weighted by Gasteiger charge is 2.30. The molecule has 0 radical (unpaired) electrons. The van der Waals surface area contributed by atoms with Crippen molar-refractivity contribution in [2.24, 2.45) is 0 Å². The van der Waals surface area contributed by atoms with E-state index in [0.29, 0.717) is 22.3 Å².